The summed E-state index contributed by atoms with van der Waals surface area (Å²) in [4.78, 5) is 42.9. The lowest BCUT2D eigenvalue weighted by molar-refractivity contribution is 0.0509. The number of carbonyl (C=O) groups excluding carboxylic acids is 1. The highest BCUT2D eigenvalue weighted by Gasteiger charge is 2.32. The summed E-state index contributed by atoms with van der Waals surface area (Å²) >= 11 is 0. The molecule has 0 spiro atoms. The van der Waals surface area contributed by atoms with Gasteiger partial charge in [0, 0.05) is 19.1 Å². The van der Waals surface area contributed by atoms with E-state index in [4.69, 9.17) is 10.6 Å². The van der Waals surface area contributed by atoms with Gasteiger partial charge in [0.2, 0.25) is 0 Å². The van der Waals surface area contributed by atoms with E-state index in [1.807, 2.05) is 0 Å². The monoisotopic (exact) mass is 420 g/mol. The number of anilines is 1. The number of amides is 1. The van der Waals surface area contributed by atoms with Gasteiger partial charge >= 0.3 is 11.8 Å². The van der Waals surface area contributed by atoms with E-state index in [0.717, 1.165) is 18.9 Å². The van der Waals surface area contributed by atoms with E-state index >= 15 is 0 Å². The third kappa shape index (κ3) is 3.71. The zero-order valence-corrected chi connectivity index (χ0v) is 17.1. The maximum atomic E-state index is 14.9. The molecule has 1 amide bonds. The highest BCUT2D eigenvalue weighted by Crippen LogP contribution is 2.35. The lowest BCUT2D eigenvalue weighted by Gasteiger charge is -2.22. The molecule has 10 nitrogen and oxygen atoms in total. The predicted octanol–water partition coefficient (Wildman–Crippen LogP) is 0.849. The summed E-state index contributed by atoms with van der Waals surface area (Å²) in [6, 6.07) is 0.747. The third-order valence-electron chi connectivity index (χ3n) is 5.15. The molecule has 1 saturated carbocycles. The lowest BCUT2D eigenvalue weighted by atomic mass is 10.2. The maximum Gasteiger partial charge on any atom is 0.407 e. The molecule has 1 aliphatic heterocycles. The number of aromatic nitrogens is 3. The van der Waals surface area contributed by atoms with Gasteiger partial charge in [0.25, 0.3) is 5.56 Å². The van der Waals surface area contributed by atoms with E-state index in [9.17, 15) is 18.8 Å². The number of nitrogens with two attached hydrogens (primary N) is 1. The van der Waals surface area contributed by atoms with Gasteiger partial charge in [0.1, 0.15) is 5.60 Å². The Hall–Kier alpha value is -3.11. The van der Waals surface area contributed by atoms with Crippen LogP contribution in [0.25, 0.3) is 11.0 Å². The van der Waals surface area contributed by atoms with Crippen LogP contribution in [0.4, 0.5) is 15.0 Å². The van der Waals surface area contributed by atoms with Crippen LogP contribution in [0.5, 0.6) is 0 Å². The zero-order valence-electron chi connectivity index (χ0n) is 17.1. The normalized spacial score (nSPS) is 19.3. The first-order chi connectivity index (χ1) is 14.0. The van der Waals surface area contributed by atoms with Crippen molar-refractivity contribution in [3.63, 3.8) is 0 Å². The molecular formula is C19H25FN6O4. The Balaban J connectivity index is 1.64. The summed E-state index contributed by atoms with van der Waals surface area (Å²) in [6.07, 6.45) is 1.59. The van der Waals surface area contributed by atoms with Crippen molar-refractivity contribution in [1.29, 1.82) is 0 Å². The van der Waals surface area contributed by atoms with Crippen molar-refractivity contribution in [3.8, 4) is 0 Å². The number of nitrogen functional groups attached to an aromatic ring is 1. The van der Waals surface area contributed by atoms with Crippen molar-refractivity contribution >= 4 is 22.9 Å². The maximum absolute atomic E-state index is 14.9. The number of rotatable bonds is 3. The number of halogens is 1. The number of fused-ring (bicyclic) bond motifs is 1. The fraction of sp³-hybridized carbons (Fsp3) is 0.579. The van der Waals surface area contributed by atoms with E-state index in [0.29, 0.717) is 24.2 Å². The van der Waals surface area contributed by atoms with Crippen LogP contribution in [0.1, 0.15) is 46.1 Å². The van der Waals surface area contributed by atoms with Crippen molar-refractivity contribution in [1.82, 2.24) is 19.5 Å². The molecule has 0 radical (unpaired) electrons. The molecule has 1 atom stereocenters. The van der Waals surface area contributed by atoms with Crippen LogP contribution in [0.3, 0.4) is 0 Å². The van der Waals surface area contributed by atoms with Crippen LogP contribution in [-0.4, -0.2) is 45.1 Å². The standard InChI is InChI=1S/C19H25FN6O4/c1-19(2,3)30-17(28)22-10-6-7-24(9-10)15-13(20)8-12-14(23-15)25(11-4-5-11)18(29)26(21)16(12)27/h8,10-11H,4-7,9,21H2,1-3H3,(H,22,28). The summed E-state index contributed by atoms with van der Waals surface area (Å²) in [5.74, 6) is 4.95. The highest BCUT2D eigenvalue weighted by atomic mass is 19.1. The van der Waals surface area contributed by atoms with Crippen molar-refractivity contribution in [2.45, 2.75) is 57.7 Å². The van der Waals surface area contributed by atoms with Crippen LogP contribution in [-0.2, 0) is 4.74 Å². The fourth-order valence-electron chi connectivity index (χ4n) is 3.66. The molecule has 30 heavy (non-hydrogen) atoms. The van der Waals surface area contributed by atoms with E-state index in [-0.39, 0.29) is 28.9 Å². The minimum atomic E-state index is -0.782. The van der Waals surface area contributed by atoms with Gasteiger partial charge in [-0.25, -0.2) is 19.0 Å². The molecule has 2 fully saturated rings. The topological polar surface area (TPSA) is 124 Å². The molecule has 1 aliphatic carbocycles. The van der Waals surface area contributed by atoms with Crippen molar-refractivity contribution in [2.75, 3.05) is 23.8 Å². The second-order valence-electron chi connectivity index (χ2n) is 8.80. The van der Waals surface area contributed by atoms with Crippen molar-refractivity contribution in [3.05, 3.63) is 32.7 Å². The number of ether oxygens (including phenoxy) is 1. The first kappa shape index (κ1) is 20.2. The van der Waals surface area contributed by atoms with Gasteiger partial charge in [-0.2, -0.15) is 4.68 Å². The van der Waals surface area contributed by atoms with Gasteiger partial charge in [0.15, 0.2) is 17.3 Å². The molecule has 3 N–H and O–H groups in total. The van der Waals surface area contributed by atoms with Gasteiger partial charge in [-0.3, -0.25) is 9.36 Å². The summed E-state index contributed by atoms with van der Waals surface area (Å²) in [7, 11) is 0. The number of hydrogen-bond acceptors (Lipinski definition) is 7. The summed E-state index contributed by atoms with van der Waals surface area (Å²) in [5, 5.41) is 2.74. The van der Waals surface area contributed by atoms with Gasteiger partial charge in [-0.15, -0.1) is 0 Å². The van der Waals surface area contributed by atoms with E-state index in [2.05, 4.69) is 10.3 Å². The Kier molecular flexibility index (Phi) is 4.70. The Morgan fingerprint density at radius 2 is 2.00 bits per heavy atom. The average molecular weight is 420 g/mol. The number of nitrogens with zero attached hydrogens (tertiary/aromatic N) is 4. The third-order valence-corrected chi connectivity index (χ3v) is 5.15. The SMILES string of the molecule is CC(C)(C)OC(=O)NC1CCN(c2nc3c(cc2F)c(=O)n(N)c(=O)n3C2CC2)C1. The predicted molar refractivity (Wildman–Crippen MR) is 109 cm³/mol. The van der Waals surface area contributed by atoms with Gasteiger partial charge in [0.05, 0.1) is 11.4 Å². The van der Waals surface area contributed by atoms with Crippen LogP contribution in [0.2, 0.25) is 0 Å². The van der Waals surface area contributed by atoms with Gasteiger partial charge in [-0.1, -0.05) is 0 Å². The van der Waals surface area contributed by atoms with E-state index in [1.165, 1.54) is 4.57 Å². The molecule has 2 aromatic heterocycles. The molecule has 2 aliphatic rings. The second-order valence-corrected chi connectivity index (χ2v) is 8.80. The first-order valence-corrected chi connectivity index (χ1v) is 9.92. The molecule has 162 valence electrons. The Bertz CT molecular complexity index is 1130. The van der Waals surface area contributed by atoms with Gasteiger partial charge < -0.3 is 20.8 Å². The largest absolute Gasteiger partial charge is 0.444 e. The van der Waals surface area contributed by atoms with E-state index < -0.39 is 28.8 Å². The quantitative estimate of drug-likeness (QED) is 0.705. The molecule has 0 bridgehead atoms. The minimum Gasteiger partial charge on any atom is -0.444 e. The number of carbonyl (C=O) groups is 1. The Morgan fingerprint density at radius 1 is 1.30 bits per heavy atom. The van der Waals surface area contributed by atoms with Gasteiger partial charge in [-0.05, 0) is 46.1 Å². The first-order valence-electron chi connectivity index (χ1n) is 9.92. The number of alkyl carbamates (subject to hydrolysis) is 1. The van der Waals surface area contributed by atoms with Crippen molar-refractivity contribution in [2.24, 2.45) is 0 Å². The number of hydrogen-bond donors (Lipinski definition) is 2. The molecule has 0 aromatic carbocycles. The molecular weight excluding hydrogens is 395 g/mol. The zero-order chi connectivity index (χ0) is 21.8. The smallest absolute Gasteiger partial charge is 0.407 e. The molecule has 3 heterocycles. The fourth-order valence-corrected chi connectivity index (χ4v) is 3.66. The lowest BCUT2D eigenvalue weighted by Crippen LogP contribution is -2.45. The molecule has 1 unspecified atom stereocenters. The Labute approximate surface area is 171 Å². The average Bonchev–Trinajstić information content (AvgIpc) is 3.37. The van der Waals surface area contributed by atoms with Crippen molar-refractivity contribution < 1.29 is 13.9 Å². The molecule has 1 saturated heterocycles. The summed E-state index contributed by atoms with van der Waals surface area (Å²) in [6.45, 7) is 6.11. The summed E-state index contributed by atoms with van der Waals surface area (Å²) in [5.41, 5.74) is -1.92. The molecule has 2 aromatic rings. The molecule has 11 heteroatoms. The van der Waals surface area contributed by atoms with Crippen LogP contribution in [0.15, 0.2) is 15.7 Å². The minimum absolute atomic E-state index is 0.0344. The molecule has 4 rings (SSSR count). The van der Waals surface area contributed by atoms with Crippen LogP contribution >= 0.6 is 0 Å². The van der Waals surface area contributed by atoms with Crippen LogP contribution in [0, 0.1) is 5.82 Å². The summed E-state index contributed by atoms with van der Waals surface area (Å²) < 4.78 is 22.0. The Morgan fingerprint density at radius 3 is 2.63 bits per heavy atom. The highest BCUT2D eigenvalue weighted by molar-refractivity contribution is 5.77. The van der Waals surface area contributed by atoms with E-state index in [1.54, 1.807) is 25.7 Å². The number of pyridine rings is 1. The van der Waals surface area contributed by atoms with Crippen LogP contribution < -0.4 is 27.3 Å². The second kappa shape index (κ2) is 6.99. The number of nitrogens with one attached hydrogen (secondary N) is 1.